The monoisotopic (exact) mass is 289 g/mol. The molecule has 0 spiro atoms. The highest BCUT2D eigenvalue weighted by atomic mass is 32.1. The molecule has 2 unspecified atom stereocenters. The summed E-state index contributed by atoms with van der Waals surface area (Å²) >= 11 is 1.81. The van der Waals surface area contributed by atoms with E-state index in [1.54, 1.807) is 0 Å². The molecule has 2 aromatic heterocycles. The highest BCUT2D eigenvalue weighted by molar-refractivity contribution is 7.09. The fourth-order valence-corrected chi connectivity index (χ4v) is 3.03. The van der Waals surface area contributed by atoms with Crippen LogP contribution < -0.4 is 10.6 Å². The lowest BCUT2D eigenvalue weighted by Gasteiger charge is -2.25. The van der Waals surface area contributed by atoms with Gasteiger partial charge in [-0.3, -0.25) is 0 Å². The average Bonchev–Trinajstić information content (AvgIpc) is 2.91. The highest BCUT2D eigenvalue weighted by Gasteiger charge is 2.12. The van der Waals surface area contributed by atoms with E-state index < -0.39 is 0 Å². The molecule has 20 heavy (non-hydrogen) atoms. The Kier molecular flexibility index (Phi) is 5.15. The van der Waals surface area contributed by atoms with Gasteiger partial charge < -0.3 is 10.6 Å². The van der Waals surface area contributed by atoms with E-state index in [0.29, 0.717) is 6.04 Å². The number of likely N-dealkylation sites (N-methyl/N-ethyl adjacent to an activating group) is 1. The SMILES string of the molecule is CC(N)Cc1ccc(N(C)C(C)Cc2cccs2)nc1. The minimum Gasteiger partial charge on any atom is -0.357 e. The molecule has 0 aliphatic rings. The molecule has 4 heteroatoms. The maximum atomic E-state index is 5.81. The van der Waals surface area contributed by atoms with Crippen molar-refractivity contribution < 1.29 is 0 Å². The lowest BCUT2D eigenvalue weighted by Crippen LogP contribution is -2.31. The fraction of sp³-hybridized carbons (Fsp3) is 0.438. The molecule has 0 aliphatic heterocycles. The summed E-state index contributed by atoms with van der Waals surface area (Å²) < 4.78 is 0. The van der Waals surface area contributed by atoms with Crippen molar-refractivity contribution in [2.45, 2.75) is 38.8 Å². The Bertz CT molecular complexity index is 505. The van der Waals surface area contributed by atoms with Gasteiger partial charge in [-0.2, -0.15) is 0 Å². The second-order valence-corrected chi connectivity index (χ2v) is 6.48. The van der Waals surface area contributed by atoms with Gasteiger partial charge in [0.05, 0.1) is 0 Å². The quantitative estimate of drug-likeness (QED) is 0.888. The second-order valence-electron chi connectivity index (χ2n) is 5.45. The van der Waals surface area contributed by atoms with E-state index in [1.165, 1.54) is 10.4 Å². The van der Waals surface area contributed by atoms with E-state index in [2.05, 4.69) is 53.5 Å². The first-order chi connectivity index (χ1) is 9.56. The maximum absolute atomic E-state index is 5.81. The van der Waals surface area contributed by atoms with Crippen LogP contribution in [0.2, 0.25) is 0 Å². The Morgan fingerprint density at radius 1 is 1.25 bits per heavy atom. The molecule has 2 atom stereocenters. The van der Waals surface area contributed by atoms with Crippen LogP contribution in [0.3, 0.4) is 0 Å². The van der Waals surface area contributed by atoms with Crippen LogP contribution in [-0.4, -0.2) is 24.1 Å². The Morgan fingerprint density at radius 2 is 2.05 bits per heavy atom. The van der Waals surface area contributed by atoms with E-state index in [1.807, 2.05) is 24.5 Å². The summed E-state index contributed by atoms with van der Waals surface area (Å²) in [7, 11) is 2.10. The average molecular weight is 289 g/mol. The molecule has 2 rings (SSSR count). The Hall–Kier alpha value is -1.39. The topological polar surface area (TPSA) is 42.1 Å². The van der Waals surface area contributed by atoms with Crippen LogP contribution in [-0.2, 0) is 12.8 Å². The number of hydrogen-bond acceptors (Lipinski definition) is 4. The number of rotatable bonds is 6. The predicted octanol–water partition coefficient (Wildman–Crippen LogP) is 3.10. The summed E-state index contributed by atoms with van der Waals surface area (Å²) in [6.45, 7) is 4.25. The number of thiophene rings is 1. The van der Waals surface area contributed by atoms with Gasteiger partial charge in [-0.1, -0.05) is 12.1 Å². The first-order valence-electron chi connectivity index (χ1n) is 7.02. The molecule has 2 aromatic rings. The van der Waals surface area contributed by atoms with E-state index in [4.69, 9.17) is 5.73 Å². The molecular formula is C16H23N3S. The second kappa shape index (κ2) is 6.86. The van der Waals surface area contributed by atoms with Gasteiger partial charge in [-0.05, 0) is 43.3 Å². The summed E-state index contributed by atoms with van der Waals surface area (Å²) in [5.41, 5.74) is 7.01. The van der Waals surface area contributed by atoms with Crippen molar-refractivity contribution in [1.29, 1.82) is 0 Å². The van der Waals surface area contributed by atoms with Crippen molar-refractivity contribution in [2.75, 3.05) is 11.9 Å². The first-order valence-corrected chi connectivity index (χ1v) is 7.90. The van der Waals surface area contributed by atoms with Crippen molar-refractivity contribution in [1.82, 2.24) is 4.98 Å². The Morgan fingerprint density at radius 3 is 2.60 bits per heavy atom. The molecule has 2 N–H and O–H groups in total. The van der Waals surface area contributed by atoms with Crippen molar-refractivity contribution in [3.05, 3.63) is 46.3 Å². The number of hydrogen-bond donors (Lipinski definition) is 1. The first kappa shape index (κ1) is 15.0. The number of aromatic nitrogens is 1. The summed E-state index contributed by atoms with van der Waals surface area (Å²) in [6, 6.07) is 9.11. The van der Waals surface area contributed by atoms with E-state index in [0.717, 1.165) is 18.7 Å². The fourth-order valence-electron chi connectivity index (χ4n) is 2.20. The zero-order chi connectivity index (χ0) is 14.5. The van der Waals surface area contributed by atoms with Gasteiger partial charge in [-0.15, -0.1) is 11.3 Å². The highest BCUT2D eigenvalue weighted by Crippen LogP contribution is 2.18. The lowest BCUT2D eigenvalue weighted by molar-refractivity contribution is 0.679. The lowest BCUT2D eigenvalue weighted by atomic mass is 10.1. The molecule has 0 saturated carbocycles. The predicted molar refractivity (Wildman–Crippen MR) is 87.5 cm³/mol. The third-order valence-electron chi connectivity index (χ3n) is 3.47. The van der Waals surface area contributed by atoms with Crippen molar-refractivity contribution >= 4 is 17.2 Å². The molecule has 2 heterocycles. The molecule has 108 valence electrons. The molecule has 0 radical (unpaired) electrons. The van der Waals surface area contributed by atoms with Crippen LogP contribution >= 0.6 is 11.3 Å². The number of anilines is 1. The zero-order valence-electron chi connectivity index (χ0n) is 12.4. The van der Waals surface area contributed by atoms with Crippen LogP contribution in [0.1, 0.15) is 24.3 Å². The molecule has 0 aromatic carbocycles. The van der Waals surface area contributed by atoms with Crippen LogP contribution in [0, 0.1) is 0 Å². The van der Waals surface area contributed by atoms with E-state index in [9.17, 15) is 0 Å². The van der Waals surface area contributed by atoms with Gasteiger partial charge in [-0.25, -0.2) is 4.98 Å². The minimum atomic E-state index is 0.179. The smallest absolute Gasteiger partial charge is 0.128 e. The maximum Gasteiger partial charge on any atom is 0.128 e. The van der Waals surface area contributed by atoms with Gasteiger partial charge in [0.25, 0.3) is 0 Å². The van der Waals surface area contributed by atoms with Gasteiger partial charge in [0.15, 0.2) is 0 Å². The summed E-state index contributed by atoms with van der Waals surface area (Å²) in [5.74, 6) is 1.02. The molecule has 0 aliphatic carbocycles. The van der Waals surface area contributed by atoms with Crippen molar-refractivity contribution in [2.24, 2.45) is 5.73 Å². The molecule has 3 nitrogen and oxygen atoms in total. The largest absolute Gasteiger partial charge is 0.357 e. The van der Waals surface area contributed by atoms with E-state index in [-0.39, 0.29) is 6.04 Å². The normalized spacial score (nSPS) is 14.0. The van der Waals surface area contributed by atoms with Gasteiger partial charge in [0.2, 0.25) is 0 Å². The van der Waals surface area contributed by atoms with Gasteiger partial charge in [0, 0.05) is 36.6 Å². The number of pyridine rings is 1. The minimum absolute atomic E-state index is 0.179. The molecule has 0 saturated heterocycles. The van der Waals surface area contributed by atoms with Crippen molar-refractivity contribution in [3.8, 4) is 0 Å². The molecule has 0 fully saturated rings. The summed E-state index contributed by atoms with van der Waals surface area (Å²) in [4.78, 5) is 8.20. The zero-order valence-corrected chi connectivity index (χ0v) is 13.2. The number of nitrogens with two attached hydrogens (primary N) is 1. The Labute approximate surface area is 125 Å². The van der Waals surface area contributed by atoms with Gasteiger partial charge in [0.1, 0.15) is 5.82 Å². The van der Waals surface area contributed by atoms with E-state index >= 15 is 0 Å². The summed E-state index contributed by atoms with van der Waals surface area (Å²) in [5, 5.41) is 2.13. The van der Waals surface area contributed by atoms with Crippen molar-refractivity contribution in [3.63, 3.8) is 0 Å². The van der Waals surface area contributed by atoms with Crippen LogP contribution in [0.25, 0.3) is 0 Å². The standard InChI is InChI=1S/C16H23N3S/c1-12(17)9-14-6-7-16(18-11-14)19(3)13(2)10-15-5-4-8-20-15/h4-8,11-13H,9-10,17H2,1-3H3. The molecule has 0 bridgehead atoms. The molecule has 0 amide bonds. The van der Waals surface area contributed by atoms with Crippen LogP contribution in [0.15, 0.2) is 35.8 Å². The van der Waals surface area contributed by atoms with Crippen LogP contribution in [0.5, 0.6) is 0 Å². The Balaban J connectivity index is 1.99. The van der Waals surface area contributed by atoms with Crippen LogP contribution in [0.4, 0.5) is 5.82 Å². The third-order valence-corrected chi connectivity index (χ3v) is 4.36. The summed E-state index contributed by atoms with van der Waals surface area (Å²) in [6.07, 6.45) is 3.87. The third kappa shape index (κ3) is 4.05. The number of nitrogens with zero attached hydrogens (tertiary/aromatic N) is 2. The van der Waals surface area contributed by atoms with Gasteiger partial charge >= 0.3 is 0 Å². The molecular weight excluding hydrogens is 266 g/mol.